The lowest BCUT2D eigenvalue weighted by Gasteiger charge is -2.31. The summed E-state index contributed by atoms with van der Waals surface area (Å²) in [4.78, 5) is 40.8. The van der Waals surface area contributed by atoms with E-state index in [1.165, 1.54) is 22.8 Å². The number of nitrogens with one attached hydrogen (secondary N) is 1. The molecule has 0 atom stereocenters. The second kappa shape index (κ2) is 13.5. The second-order valence-corrected chi connectivity index (χ2v) is 9.91. The summed E-state index contributed by atoms with van der Waals surface area (Å²) in [7, 11) is 0. The topological polar surface area (TPSA) is 116 Å². The van der Waals surface area contributed by atoms with E-state index in [1.54, 1.807) is 27.7 Å². The van der Waals surface area contributed by atoms with Gasteiger partial charge in [0.1, 0.15) is 22.8 Å². The molecular formula is C27H38ClFN4O5. The van der Waals surface area contributed by atoms with Crippen molar-refractivity contribution in [3.05, 3.63) is 45.9 Å². The quantitative estimate of drug-likeness (QED) is 0.409. The second-order valence-electron chi connectivity index (χ2n) is 9.50. The number of piperidine rings is 1. The molecule has 38 heavy (non-hydrogen) atoms. The third-order valence-corrected chi connectivity index (χ3v) is 5.92. The van der Waals surface area contributed by atoms with Crippen LogP contribution in [0.4, 0.5) is 20.7 Å². The van der Waals surface area contributed by atoms with Crippen LogP contribution in [-0.2, 0) is 16.0 Å². The number of benzene rings is 1. The van der Waals surface area contributed by atoms with Gasteiger partial charge < -0.3 is 30.0 Å². The SMILES string of the molecule is CC.CCOC(=O)c1c(NC(N)=O)c(C(=O)OC(C)(C)C)c(N2CCCCC2)n1Cc1cc(F)ccc1Cl. The van der Waals surface area contributed by atoms with Crippen LogP contribution in [0.1, 0.15) is 87.2 Å². The van der Waals surface area contributed by atoms with E-state index in [2.05, 4.69) is 5.32 Å². The van der Waals surface area contributed by atoms with Crippen LogP contribution in [0.3, 0.4) is 0 Å². The number of hydrogen-bond donors (Lipinski definition) is 2. The molecule has 1 aromatic heterocycles. The van der Waals surface area contributed by atoms with E-state index in [0.29, 0.717) is 24.5 Å². The highest BCUT2D eigenvalue weighted by atomic mass is 35.5. The summed E-state index contributed by atoms with van der Waals surface area (Å²) in [5, 5.41) is 2.71. The molecule has 0 radical (unpaired) electrons. The van der Waals surface area contributed by atoms with Crippen molar-refractivity contribution in [1.82, 2.24) is 4.57 Å². The van der Waals surface area contributed by atoms with Crippen molar-refractivity contribution in [2.75, 3.05) is 29.9 Å². The summed E-state index contributed by atoms with van der Waals surface area (Å²) >= 11 is 6.37. The number of urea groups is 1. The largest absolute Gasteiger partial charge is 0.461 e. The molecule has 11 heteroatoms. The summed E-state index contributed by atoms with van der Waals surface area (Å²) in [6.07, 6.45) is 2.71. The lowest BCUT2D eigenvalue weighted by atomic mass is 10.1. The highest BCUT2D eigenvalue weighted by Gasteiger charge is 2.37. The van der Waals surface area contributed by atoms with Gasteiger partial charge in [-0.1, -0.05) is 25.4 Å². The summed E-state index contributed by atoms with van der Waals surface area (Å²) in [5.74, 6) is -1.71. The Kier molecular flexibility index (Phi) is 11.0. The van der Waals surface area contributed by atoms with E-state index in [4.69, 9.17) is 26.8 Å². The first-order chi connectivity index (χ1) is 17.9. The Bertz CT molecular complexity index is 1150. The molecule has 9 nitrogen and oxygen atoms in total. The number of halogens is 2. The normalized spacial score (nSPS) is 13.3. The highest BCUT2D eigenvalue weighted by Crippen LogP contribution is 2.39. The van der Waals surface area contributed by atoms with Crippen LogP contribution >= 0.6 is 11.6 Å². The Morgan fingerprint density at radius 2 is 1.74 bits per heavy atom. The Balaban J connectivity index is 0.00000247. The maximum Gasteiger partial charge on any atom is 0.357 e. The smallest absolute Gasteiger partial charge is 0.357 e. The Hall–Kier alpha value is -3.27. The van der Waals surface area contributed by atoms with Gasteiger partial charge in [-0.05, 0) is 70.7 Å². The molecule has 2 heterocycles. The third kappa shape index (κ3) is 7.63. The van der Waals surface area contributed by atoms with Crippen LogP contribution in [0.2, 0.25) is 5.02 Å². The number of anilines is 2. The van der Waals surface area contributed by atoms with E-state index in [-0.39, 0.29) is 35.1 Å². The van der Waals surface area contributed by atoms with Gasteiger partial charge >= 0.3 is 18.0 Å². The van der Waals surface area contributed by atoms with Crippen molar-refractivity contribution in [1.29, 1.82) is 0 Å². The molecule has 3 rings (SSSR count). The molecule has 1 aromatic carbocycles. The fourth-order valence-corrected chi connectivity index (χ4v) is 4.39. The lowest BCUT2D eigenvalue weighted by Crippen LogP contribution is -2.34. The third-order valence-electron chi connectivity index (χ3n) is 5.55. The minimum atomic E-state index is -0.975. The van der Waals surface area contributed by atoms with Crippen molar-refractivity contribution in [3.8, 4) is 0 Å². The molecule has 1 aliphatic heterocycles. The van der Waals surface area contributed by atoms with Gasteiger partial charge in [-0.15, -0.1) is 0 Å². The Labute approximate surface area is 228 Å². The lowest BCUT2D eigenvalue weighted by molar-refractivity contribution is 0.00713. The van der Waals surface area contributed by atoms with Gasteiger partial charge in [0.2, 0.25) is 0 Å². The first kappa shape index (κ1) is 31.0. The summed E-state index contributed by atoms with van der Waals surface area (Å²) in [6.45, 7) is 11.9. The first-order valence-corrected chi connectivity index (χ1v) is 13.2. The molecule has 0 bridgehead atoms. The molecule has 1 fully saturated rings. The summed E-state index contributed by atoms with van der Waals surface area (Å²) < 4.78 is 26.6. The maximum absolute atomic E-state index is 14.1. The number of rotatable bonds is 7. The minimum absolute atomic E-state index is 0.0267. The Morgan fingerprint density at radius 1 is 1.11 bits per heavy atom. The molecule has 0 saturated carbocycles. The molecule has 0 spiro atoms. The van der Waals surface area contributed by atoms with Crippen LogP contribution in [0.25, 0.3) is 0 Å². The molecule has 2 aromatic rings. The Morgan fingerprint density at radius 3 is 2.29 bits per heavy atom. The van der Waals surface area contributed by atoms with Gasteiger partial charge in [0.05, 0.1) is 18.8 Å². The van der Waals surface area contributed by atoms with Crippen LogP contribution in [0.5, 0.6) is 0 Å². The van der Waals surface area contributed by atoms with E-state index in [9.17, 15) is 18.8 Å². The number of nitrogens with zero attached hydrogens (tertiary/aromatic N) is 2. The van der Waals surface area contributed by atoms with Crippen LogP contribution in [0.15, 0.2) is 18.2 Å². The van der Waals surface area contributed by atoms with E-state index < -0.39 is 29.4 Å². The molecule has 210 valence electrons. The van der Waals surface area contributed by atoms with Gasteiger partial charge in [-0.25, -0.2) is 18.8 Å². The van der Waals surface area contributed by atoms with Crippen molar-refractivity contribution in [2.24, 2.45) is 5.73 Å². The number of hydrogen-bond acceptors (Lipinski definition) is 6. The number of ether oxygens (including phenoxy) is 2. The van der Waals surface area contributed by atoms with Crippen molar-refractivity contribution in [2.45, 2.75) is 73.0 Å². The average Bonchev–Trinajstić information content (AvgIpc) is 3.15. The van der Waals surface area contributed by atoms with Gasteiger partial charge in [0, 0.05) is 18.1 Å². The van der Waals surface area contributed by atoms with Gasteiger partial charge in [0.15, 0.2) is 5.69 Å². The van der Waals surface area contributed by atoms with E-state index in [1.807, 2.05) is 18.7 Å². The van der Waals surface area contributed by atoms with Crippen LogP contribution in [0, 0.1) is 5.82 Å². The zero-order valence-electron chi connectivity index (χ0n) is 23.0. The number of amides is 2. The van der Waals surface area contributed by atoms with E-state index >= 15 is 0 Å². The molecule has 1 aliphatic rings. The number of primary amides is 1. The van der Waals surface area contributed by atoms with Gasteiger partial charge in [-0.2, -0.15) is 0 Å². The number of nitrogens with two attached hydrogens (primary N) is 1. The number of esters is 2. The zero-order chi connectivity index (χ0) is 28.6. The maximum atomic E-state index is 14.1. The number of carbonyl (C=O) groups excluding carboxylic acids is 3. The van der Waals surface area contributed by atoms with Crippen molar-refractivity contribution in [3.63, 3.8) is 0 Å². The predicted octanol–water partition coefficient (Wildman–Crippen LogP) is 5.97. The molecule has 3 N–H and O–H groups in total. The molecular weight excluding hydrogens is 515 g/mol. The fourth-order valence-electron chi connectivity index (χ4n) is 4.21. The number of aromatic nitrogens is 1. The molecule has 0 aliphatic carbocycles. The minimum Gasteiger partial charge on any atom is -0.461 e. The average molecular weight is 553 g/mol. The molecule has 1 saturated heterocycles. The standard InChI is InChI=1S/C25H32ClFN4O5.C2H6/c1-5-35-23(33)20-19(29-24(28)34)18(22(32)36-25(2,3)4)21(30-11-7-6-8-12-30)31(20)14-15-13-16(27)9-10-17(15)26;1-2/h9-10,13H,5-8,11-12,14H2,1-4H3,(H3,28,29,34);1-2H3. The highest BCUT2D eigenvalue weighted by molar-refractivity contribution is 6.31. The first-order valence-electron chi connectivity index (χ1n) is 12.8. The van der Waals surface area contributed by atoms with Gasteiger partial charge in [-0.3, -0.25) is 0 Å². The zero-order valence-corrected chi connectivity index (χ0v) is 23.7. The number of carbonyl (C=O) groups is 3. The molecule has 0 unspecified atom stereocenters. The summed E-state index contributed by atoms with van der Waals surface area (Å²) in [6, 6.07) is 2.92. The summed E-state index contributed by atoms with van der Waals surface area (Å²) in [5.41, 5.74) is 4.70. The van der Waals surface area contributed by atoms with Crippen molar-refractivity contribution >= 4 is 41.1 Å². The van der Waals surface area contributed by atoms with Crippen LogP contribution < -0.4 is 16.0 Å². The fraction of sp³-hybridized carbons (Fsp3) is 0.519. The van der Waals surface area contributed by atoms with Gasteiger partial charge in [0.25, 0.3) is 0 Å². The predicted molar refractivity (Wildman–Crippen MR) is 147 cm³/mol. The van der Waals surface area contributed by atoms with Crippen molar-refractivity contribution < 1.29 is 28.2 Å². The van der Waals surface area contributed by atoms with Crippen LogP contribution in [-0.4, -0.2) is 47.8 Å². The molecule has 2 amide bonds. The monoisotopic (exact) mass is 552 g/mol. The van der Waals surface area contributed by atoms with E-state index in [0.717, 1.165) is 19.3 Å².